The van der Waals surface area contributed by atoms with Gasteiger partial charge in [-0.15, -0.1) is 0 Å². The first-order valence-electron chi connectivity index (χ1n) is 5.49. The summed E-state index contributed by atoms with van der Waals surface area (Å²) in [4.78, 5) is 0. The molecule has 5 heteroatoms. The maximum absolute atomic E-state index is 11.0. The molecule has 0 atom stereocenters. The first-order chi connectivity index (χ1) is 8.14. The highest BCUT2D eigenvalue weighted by Crippen LogP contribution is 2.16. The van der Waals surface area contributed by atoms with E-state index < -0.39 is 9.84 Å². The van der Waals surface area contributed by atoms with Crippen LogP contribution in [0.1, 0.15) is 6.42 Å². The molecule has 1 aliphatic rings. The van der Waals surface area contributed by atoms with E-state index >= 15 is 0 Å². The highest BCUT2D eigenvalue weighted by Gasteiger charge is 2.04. The molecular weight excluding hydrogens is 256 g/mol. The van der Waals surface area contributed by atoms with Gasteiger partial charge in [-0.2, -0.15) is 11.8 Å². The van der Waals surface area contributed by atoms with E-state index in [1.54, 1.807) is 0 Å². The fourth-order valence-corrected chi connectivity index (χ4v) is 2.65. The molecule has 1 aliphatic carbocycles. The lowest BCUT2D eigenvalue weighted by molar-refractivity contribution is 0.166. The SMILES string of the molecule is C=CS(=O)(=O)CCOCCSCC1=CC=CC1. The van der Waals surface area contributed by atoms with Gasteiger partial charge in [0.2, 0.25) is 0 Å². The molecule has 0 aliphatic heterocycles. The lowest BCUT2D eigenvalue weighted by atomic mass is 10.3. The molecule has 0 fully saturated rings. The van der Waals surface area contributed by atoms with Crippen LogP contribution in [-0.4, -0.2) is 38.9 Å². The van der Waals surface area contributed by atoms with Crippen LogP contribution in [0.2, 0.25) is 0 Å². The number of allylic oxidation sites excluding steroid dienone is 3. The summed E-state index contributed by atoms with van der Waals surface area (Å²) in [6, 6.07) is 0. The zero-order valence-corrected chi connectivity index (χ0v) is 11.4. The van der Waals surface area contributed by atoms with Gasteiger partial charge in [-0.3, -0.25) is 0 Å². The lowest BCUT2D eigenvalue weighted by Gasteiger charge is -2.04. The smallest absolute Gasteiger partial charge is 0.173 e. The van der Waals surface area contributed by atoms with E-state index in [9.17, 15) is 8.42 Å². The Bertz CT molecular complexity index is 394. The molecule has 96 valence electrons. The Labute approximate surface area is 108 Å². The molecule has 3 nitrogen and oxygen atoms in total. The number of rotatable bonds is 9. The summed E-state index contributed by atoms with van der Waals surface area (Å²) < 4.78 is 27.3. The predicted octanol–water partition coefficient (Wildman–Crippen LogP) is 2.18. The third-order valence-corrected chi connectivity index (χ3v) is 4.55. The topological polar surface area (TPSA) is 43.4 Å². The van der Waals surface area contributed by atoms with Crippen LogP contribution in [0, 0.1) is 0 Å². The minimum absolute atomic E-state index is 0.0240. The average Bonchev–Trinajstić information content (AvgIpc) is 2.81. The molecule has 0 spiro atoms. The summed E-state index contributed by atoms with van der Waals surface area (Å²) in [6.45, 7) is 4.09. The highest BCUT2D eigenvalue weighted by molar-refractivity contribution is 7.99. The van der Waals surface area contributed by atoms with Gasteiger partial charge in [-0.1, -0.05) is 30.4 Å². The van der Waals surface area contributed by atoms with Gasteiger partial charge in [0, 0.05) is 16.9 Å². The van der Waals surface area contributed by atoms with Crippen molar-refractivity contribution in [3.8, 4) is 0 Å². The Morgan fingerprint density at radius 1 is 1.47 bits per heavy atom. The van der Waals surface area contributed by atoms with Gasteiger partial charge in [-0.25, -0.2) is 8.42 Å². The molecule has 0 aromatic rings. The molecule has 0 aromatic carbocycles. The van der Waals surface area contributed by atoms with Gasteiger partial charge in [0.05, 0.1) is 19.0 Å². The Balaban J connectivity index is 1.93. The van der Waals surface area contributed by atoms with Crippen LogP contribution in [0.4, 0.5) is 0 Å². The summed E-state index contributed by atoms with van der Waals surface area (Å²) in [5, 5.41) is 0.977. The van der Waals surface area contributed by atoms with Crippen molar-refractivity contribution in [1.29, 1.82) is 0 Å². The molecule has 0 aromatic heterocycles. The number of ether oxygens (including phenoxy) is 1. The van der Waals surface area contributed by atoms with E-state index in [2.05, 4.69) is 24.8 Å². The Morgan fingerprint density at radius 3 is 2.94 bits per heavy atom. The van der Waals surface area contributed by atoms with Gasteiger partial charge in [0.1, 0.15) is 0 Å². The van der Waals surface area contributed by atoms with Crippen molar-refractivity contribution in [2.24, 2.45) is 0 Å². The second kappa shape index (κ2) is 7.74. The molecule has 0 saturated carbocycles. The van der Waals surface area contributed by atoms with Gasteiger partial charge < -0.3 is 4.74 Å². The van der Waals surface area contributed by atoms with E-state index in [0.29, 0.717) is 6.61 Å². The van der Waals surface area contributed by atoms with Gasteiger partial charge >= 0.3 is 0 Å². The van der Waals surface area contributed by atoms with Crippen LogP contribution in [0.3, 0.4) is 0 Å². The Morgan fingerprint density at radius 2 is 2.29 bits per heavy atom. The summed E-state index contributed by atoms with van der Waals surface area (Å²) in [7, 11) is -3.11. The maximum Gasteiger partial charge on any atom is 0.173 e. The number of hydrogen-bond donors (Lipinski definition) is 0. The number of hydrogen-bond acceptors (Lipinski definition) is 4. The molecule has 1 rings (SSSR count). The molecule has 0 bridgehead atoms. The lowest BCUT2D eigenvalue weighted by Crippen LogP contribution is -2.10. The zero-order chi connectivity index (χ0) is 12.6. The largest absolute Gasteiger partial charge is 0.380 e. The first kappa shape index (κ1) is 14.5. The number of thioether (sulfide) groups is 1. The third-order valence-electron chi connectivity index (χ3n) is 2.27. The molecule has 17 heavy (non-hydrogen) atoms. The molecule has 0 unspecified atom stereocenters. The molecule has 0 amide bonds. The molecule has 0 heterocycles. The fraction of sp³-hybridized carbons (Fsp3) is 0.500. The maximum atomic E-state index is 11.0. The summed E-state index contributed by atoms with van der Waals surface area (Å²) in [5.41, 5.74) is 1.43. The van der Waals surface area contributed by atoms with Crippen molar-refractivity contribution in [2.75, 3.05) is 30.5 Å². The predicted molar refractivity (Wildman–Crippen MR) is 74.0 cm³/mol. The van der Waals surface area contributed by atoms with Crippen molar-refractivity contribution in [2.45, 2.75) is 6.42 Å². The fourth-order valence-electron chi connectivity index (χ4n) is 1.28. The standard InChI is InChI=1S/C12H18O3S2/c1-2-17(13,14)10-8-15-7-9-16-11-12-5-3-4-6-12/h2-5H,1,6-11H2. The summed E-state index contributed by atoms with van der Waals surface area (Å²) in [6.07, 6.45) is 7.43. The van der Waals surface area contributed by atoms with E-state index in [-0.39, 0.29) is 12.4 Å². The van der Waals surface area contributed by atoms with Crippen molar-refractivity contribution in [3.63, 3.8) is 0 Å². The normalized spacial score (nSPS) is 14.9. The van der Waals surface area contributed by atoms with Crippen molar-refractivity contribution >= 4 is 21.6 Å². The second-order valence-corrected chi connectivity index (χ2v) is 6.83. The summed E-state index contributed by atoms with van der Waals surface area (Å²) in [5.74, 6) is 1.95. The van der Waals surface area contributed by atoms with Gasteiger partial charge in [0.25, 0.3) is 0 Å². The van der Waals surface area contributed by atoms with Crippen LogP contribution in [0.15, 0.2) is 35.8 Å². The third kappa shape index (κ3) is 6.71. The highest BCUT2D eigenvalue weighted by atomic mass is 32.2. The van der Waals surface area contributed by atoms with Gasteiger partial charge in [0.15, 0.2) is 9.84 Å². The van der Waals surface area contributed by atoms with E-state index in [1.165, 1.54) is 5.57 Å². The van der Waals surface area contributed by atoms with Crippen LogP contribution < -0.4 is 0 Å². The van der Waals surface area contributed by atoms with Crippen LogP contribution in [0.5, 0.6) is 0 Å². The van der Waals surface area contributed by atoms with Crippen LogP contribution >= 0.6 is 11.8 Å². The Kier molecular flexibility index (Phi) is 6.62. The molecular formula is C12H18O3S2. The number of sulfone groups is 1. The van der Waals surface area contributed by atoms with Crippen molar-refractivity contribution in [1.82, 2.24) is 0 Å². The van der Waals surface area contributed by atoms with Crippen LogP contribution in [-0.2, 0) is 14.6 Å². The quantitative estimate of drug-likeness (QED) is 0.604. The molecule has 0 saturated heterocycles. The molecule has 0 radical (unpaired) electrons. The zero-order valence-electron chi connectivity index (χ0n) is 9.80. The van der Waals surface area contributed by atoms with E-state index in [0.717, 1.165) is 23.3 Å². The minimum Gasteiger partial charge on any atom is -0.380 e. The summed E-state index contributed by atoms with van der Waals surface area (Å²) >= 11 is 1.81. The Hall–Kier alpha value is -0.520. The second-order valence-electron chi connectivity index (χ2n) is 3.66. The minimum atomic E-state index is -3.11. The molecule has 0 N–H and O–H groups in total. The van der Waals surface area contributed by atoms with Gasteiger partial charge in [-0.05, 0) is 6.42 Å². The first-order valence-corrected chi connectivity index (χ1v) is 8.36. The van der Waals surface area contributed by atoms with E-state index in [4.69, 9.17) is 4.74 Å². The monoisotopic (exact) mass is 274 g/mol. The van der Waals surface area contributed by atoms with Crippen molar-refractivity contribution < 1.29 is 13.2 Å². The van der Waals surface area contributed by atoms with Crippen molar-refractivity contribution in [3.05, 3.63) is 35.8 Å². The van der Waals surface area contributed by atoms with Crippen LogP contribution in [0.25, 0.3) is 0 Å². The average molecular weight is 274 g/mol. The van der Waals surface area contributed by atoms with E-state index in [1.807, 2.05) is 11.8 Å².